The number of ether oxygens (including phenoxy) is 1. The van der Waals surface area contributed by atoms with Crippen LogP contribution >= 0.6 is 0 Å². The van der Waals surface area contributed by atoms with E-state index < -0.39 is 17.2 Å². The van der Waals surface area contributed by atoms with Gasteiger partial charge in [-0.1, -0.05) is 12.1 Å². The number of halogens is 2. The Bertz CT molecular complexity index is 1290. The summed E-state index contributed by atoms with van der Waals surface area (Å²) in [5.74, 6) is -1.75. The van der Waals surface area contributed by atoms with Gasteiger partial charge in [-0.2, -0.15) is 0 Å². The van der Waals surface area contributed by atoms with E-state index in [9.17, 15) is 13.6 Å². The van der Waals surface area contributed by atoms with Crippen molar-refractivity contribution in [1.29, 1.82) is 0 Å². The molecule has 3 aromatic rings. The molecule has 2 aromatic carbocycles. The fourth-order valence-electron chi connectivity index (χ4n) is 4.91. The van der Waals surface area contributed by atoms with Gasteiger partial charge in [-0.05, 0) is 100 Å². The number of piperidine rings is 1. The summed E-state index contributed by atoms with van der Waals surface area (Å²) in [6.07, 6.45) is 4.72. The summed E-state index contributed by atoms with van der Waals surface area (Å²) in [5, 5.41) is 0. The van der Waals surface area contributed by atoms with Crippen LogP contribution in [0.3, 0.4) is 0 Å². The van der Waals surface area contributed by atoms with Gasteiger partial charge >= 0.3 is 6.09 Å². The average molecular weight is 522 g/mol. The first kappa shape index (κ1) is 27.6. The van der Waals surface area contributed by atoms with Crippen molar-refractivity contribution in [3.8, 4) is 11.1 Å². The summed E-state index contributed by atoms with van der Waals surface area (Å²) in [7, 11) is 0. The number of likely N-dealkylation sites (tertiary alicyclic amines) is 1. The molecule has 202 valence electrons. The zero-order valence-electron chi connectivity index (χ0n) is 23.1. The third-order valence-corrected chi connectivity index (χ3v) is 7.20. The Morgan fingerprint density at radius 2 is 1.63 bits per heavy atom. The van der Waals surface area contributed by atoms with Gasteiger partial charge in [-0.3, -0.25) is 4.98 Å². The molecule has 0 N–H and O–H groups in total. The van der Waals surface area contributed by atoms with Crippen LogP contribution in [-0.4, -0.2) is 40.7 Å². The van der Waals surface area contributed by atoms with Crippen LogP contribution in [0.25, 0.3) is 11.1 Å². The number of aryl methyl sites for hydroxylation is 2. The quantitative estimate of drug-likeness (QED) is 0.352. The van der Waals surface area contributed by atoms with Crippen molar-refractivity contribution < 1.29 is 18.3 Å². The highest BCUT2D eigenvalue weighted by Gasteiger charge is 2.30. The first-order valence-electron chi connectivity index (χ1n) is 13.1. The van der Waals surface area contributed by atoms with Crippen LogP contribution in [0.5, 0.6) is 0 Å². The zero-order valence-corrected chi connectivity index (χ0v) is 23.1. The molecule has 0 unspecified atom stereocenters. The topological polar surface area (TPSA) is 45.7 Å². The van der Waals surface area contributed by atoms with E-state index in [0.717, 1.165) is 16.7 Å². The highest BCUT2D eigenvalue weighted by molar-refractivity contribution is 5.68. The second-order valence-electron chi connectivity index (χ2n) is 11.2. The van der Waals surface area contributed by atoms with Gasteiger partial charge in [0, 0.05) is 55.4 Å². The first-order chi connectivity index (χ1) is 17.9. The molecule has 0 radical (unpaired) electrons. The lowest BCUT2D eigenvalue weighted by Gasteiger charge is -2.40. The Morgan fingerprint density at radius 3 is 2.24 bits per heavy atom. The maximum absolute atomic E-state index is 14.3. The lowest BCUT2D eigenvalue weighted by atomic mass is 9.96. The van der Waals surface area contributed by atoms with Gasteiger partial charge in [0.25, 0.3) is 0 Å². The predicted octanol–water partition coefficient (Wildman–Crippen LogP) is 7.36. The third-order valence-electron chi connectivity index (χ3n) is 7.20. The molecule has 1 fully saturated rings. The third kappa shape index (κ3) is 6.50. The van der Waals surface area contributed by atoms with Crippen LogP contribution in [0.1, 0.15) is 55.9 Å². The van der Waals surface area contributed by atoms with E-state index in [4.69, 9.17) is 4.74 Å². The summed E-state index contributed by atoms with van der Waals surface area (Å²) in [4.78, 5) is 20.9. The van der Waals surface area contributed by atoms with E-state index in [0.29, 0.717) is 38.2 Å². The molecule has 0 bridgehead atoms. The smallest absolute Gasteiger partial charge is 0.410 e. The molecule has 0 spiro atoms. The summed E-state index contributed by atoms with van der Waals surface area (Å²) < 4.78 is 33.6. The number of hydrogen-bond donors (Lipinski definition) is 0. The lowest BCUT2D eigenvalue weighted by molar-refractivity contribution is 0.0204. The average Bonchev–Trinajstić information content (AvgIpc) is 2.86. The Balaban J connectivity index is 1.59. The van der Waals surface area contributed by atoms with Crippen LogP contribution in [0.15, 0.2) is 48.8 Å². The van der Waals surface area contributed by atoms with Gasteiger partial charge in [-0.15, -0.1) is 0 Å². The van der Waals surface area contributed by atoms with Crippen molar-refractivity contribution >= 4 is 11.8 Å². The monoisotopic (exact) mass is 521 g/mol. The Morgan fingerprint density at radius 1 is 0.974 bits per heavy atom. The van der Waals surface area contributed by atoms with E-state index >= 15 is 0 Å². The lowest BCUT2D eigenvalue weighted by Crippen LogP contribution is -2.48. The minimum atomic E-state index is -0.879. The van der Waals surface area contributed by atoms with Crippen LogP contribution in [-0.2, 0) is 11.3 Å². The Kier molecular flexibility index (Phi) is 8.05. The number of hydrogen-bond acceptors (Lipinski definition) is 4. The van der Waals surface area contributed by atoms with Gasteiger partial charge in [-0.25, -0.2) is 13.6 Å². The summed E-state index contributed by atoms with van der Waals surface area (Å²) in [6, 6.07) is 10.5. The minimum absolute atomic E-state index is 0.0334. The van der Waals surface area contributed by atoms with Gasteiger partial charge in [0.05, 0.1) is 0 Å². The Labute approximate surface area is 224 Å². The SMILES string of the molecule is Cc1cc(-c2cncc(CN(c3ccc(F)c(F)c3)C3CCN(C(=O)OC(C)(C)C)CC3)c2)cc(C)c1C. The fraction of sp³-hybridized carbons (Fsp3) is 0.419. The van der Waals surface area contributed by atoms with Crippen molar-refractivity contribution in [1.82, 2.24) is 9.88 Å². The summed E-state index contributed by atoms with van der Waals surface area (Å²) in [5.41, 5.74) is 6.86. The largest absolute Gasteiger partial charge is 0.444 e. The first-order valence-corrected chi connectivity index (χ1v) is 13.1. The number of rotatable bonds is 5. The van der Waals surface area contributed by atoms with E-state index in [2.05, 4.69) is 48.9 Å². The summed E-state index contributed by atoms with van der Waals surface area (Å²) >= 11 is 0. The molecule has 0 saturated carbocycles. The molecule has 0 atom stereocenters. The van der Waals surface area contributed by atoms with Crippen LogP contribution < -0.4 is 4.90 Å². The fourth-order valence-corrected chi connectivity index (χ4v) is 4.91. The second-order valence-corrected chi connectivity index (χ2v) is 11.2. The molecule has 1 aliphatic heterocycles. The molecular weight excluding hydrogens is 484 g/mol. The highest BCUT2D eigenvalue weighted by Crippen LogP contribution is 2.30. The van der Waals surface area contributed by atoms with Crippen LogP contribution in [0, 0.1) is 32.4 Å². The summed E-state index contributed by atoms with van der Waals surface area (Å²) in [6.45, 7) is 13.4. The number of amides is 1. The zero-order chi connectivity index (χ0) is 27.6. The number of benzene rings is 2. The maximum atomic E-state index is 14.3. The van der Waals surface area contributed by atoms with Crippen molar-refractivity contribution in [2.75, 3.05) is 18.0 Å². The number of anilines is 1. The molecule has 7 heteroatoms. The molecule has 0 aliphatic carbocycles. The molecule has 1 saturated heterocycles. The molecule has 1 aliphatic rings. The van der Waals surface area contributed by atoms with Gasteiger partial charge in [0.1, 0.15) is 5.60 Å². The van der Waals surface area contributed by atoms with E-state index in [1.807, 2.05) is 33.2 Å². The van der Waals surface area contributed by atoms with Crippen molar-refractivity contribution in [2.45, 2.75) is 72.6 Å². The number of nitrogens with zero attached hydrogens (tertiary/aromatic N) is 3. The highest BCUT2D eigenvalue weighted by atomic mass is 19.2. The molecule has 2 heterocycles. The molecular formula is C31H37F2N3O2. The van der Waals surface area contributed by atoms with E-state index in [-0.39, 0.29) is 12.1 Å². The number of pyridine rings is 1. The van der Waals surface area contributed by atoms with Crippen LogP contribution in [0.4, 0.5) is 19.3 Å². The van der Waals surface area contributed by atoms with Gasteiger partial charge < -0.3 is 14.5 Å². The van der Waals surface area contributed by atoms with Crippen molar-refractivity contribution in [3.63, 3.8) is 0 Å². The number of carbonyl (C=O) groups excluding carboxylic acids is 1. The second kappa shape index (κ2) is 11.1. The van der Waals surface area contributed by atoms with Gasteiger partial charge in [0.2, 0.25) is 0 Å². The normalized spacial score (nSPS) is 14.5. The molecule has 4 rings (SSSR count). The van der Waals surface area contributed by atoms with Gasteiger partial charge in [0.15, 0.2) is 11.6 Å². The molecule has 1 aromatic heterocycles. The van der Waals surface area contributed by atoms with Crippen molar-refractivity contribution in [2.24, 2.45) is 0 Å². The Hall–Kier alpha value is -3.48. The van der Waals surface area contributed by atoms with Crippen molar-refractivity contribution in [3.05, 3.63) is 82.7 Å². The molecule has 1 amide bonds. The predicted molar refractivity (Wildman–Crippen MR) is 147 cm³/mol. The molecule has 38 heavy (non-hydrogen) atoms. The standard InChI is InChI=1S/C31H37F2N3O2/c1-20-13-24(14-21(2)22(20)3)25-15-23(17-34-18-25)19-36(27-7-8-28(32)29(33)16-27)26-9-11-35(12-10-26)30(37)38-31(4,5)6/h7-8,13-18,26H,9-12,19H2,1-6H3. The number of carbonyl (C=O) groups is 1. The van der Waals surface area contributed by atoms with E-state index in [1.165, 1.54) is 28.8 Å². The van der Waals surface area contributed by atoms with Crippen LogP contribution in [0.2, 0.25) is 0 Å². The number of aromatic nitrogens is 1. The minimum Gasteiger partial charge on any atom is -0.444 e. The van der Waals surface area contributed by atoms with E-state index in [1.54, 1.807) is 11.0 Å². The maximum Gasteiger partial charge on any atom is 0.410 e. The molecule has 5 nitrogen and oxygen atoms in total.